The highest BCUT2D eigenvalue weighted by molar-refractivity contribution is 7.92. The van der Waals surface area contributed by atoms with Gasteiger partial charge in [-0.25, -0.2) is 8.42 Å². The molecule has 0 aliphatic carbocycles. The maximum atomic E-state index is 14.2. The molecule has 0 bridgehead atoms. The fourth-order valence-corrected chi connectivity index (χ4v) is 5.94. The summed E-state index contributed by atoms with van der Waals surface area (Å²) in [6.45, 7) is 5.29. The van der Waals surface area contributed by atoms with E-state index in [9.17, 15) is 18.0 Å². The molecule has 0 aliphatic rings. The van der Waals surface area contributed by atoms with Crippen LogP contribution in [-0.4, -0.2) is 65.6 Å². The number of nitrogens with zero attached hydrogens (tertiary/aromatic N) is 2. The first kappa shape index (κ1) is 32.3. The Balaban J connectivity index is 2.15. The summed E-state index contributed by atoms with van der Waals surface area (Å²) in [5, 5.41) is 2.79. The third kappa shape index (κ3) is 7.52. The van der Waals surface area contributed by atoms with Crippen LogP contribution < -0.4 is 23.8 Å². The van der Waals surface area contributed by atoms with E-state index in [4.69, 9.17) is 14.2 Å². The van der Waals surface area contributed by atoms with Crippen molar-refractivity contribution >= 4 is 27.5 Å². The predicted octanol–water partition coefficient (Wildman–Crippen LogP) is 4.16. The van der Waals surface area contributed by atoms with Crippen LogP contribution in [0.3, 0.4) is 0 Å². The van der Waals surface area contributed by atoms with E-state index in [0.29, 0.717) is 24.5 Å². The van der Waals surface area contributed by atoms with Crippen molar-refractivity contribution in [1.29, 1.82) is 0 Å². The Bertz CT molecular complexity index is 1480. The van der Waals surface area contributed by atoms with Gasteiger partial charge >= 0.3 is 0 Å². The molecule has 0 saturated carbocycles. The molecule has 1 atom stereocenters. The van der Waals surface area contributed by atoms with Gasteiger partial charge in [0.05, 0.1) is 31.9 Å². The number of anilines is 1. The van der Waals surface area contributed by atoms with Gasteiger partial charge in [0.1, 0.15) is 29.8 Å². The van der Waals surface area contributed by atoms with Crippen molar-refractivity contribution < 1.29 is 32.2 Å². The molecule has 0 aromatic heterocycles. The average molecular weight is 598 g/mol. The molecular weight excluding hydrogens is 558 g/mol. The van der Waals surface area contributed by atoms with E-state index in [1.165, 1.54) is 37.3 Å². The highest BCUT2D eigenvalue weighted by atomic mass is 32.2. The second kappa shape index (κ2) is 14.6. The van der Waals surface area contributed by atoms with Gasteiger partial charge in [0.2, 0.25) is 11.8 Å². The second-order valence-electron chi connectivity index (χ2n) is 9.55. The molecule has 1 N–H and O–H groups in total. The van der Waals surface area contributed by atoms with E-state index in [1.807, 2.05) is 13.0 Å². The van der Waals surface area contributed by atoms with Crippen molar-refractivity contribution in [2.24, 2.45) is 0 Å². The first-order valence-corrected chi connectivity index (χ1v) is 15.0. The molecule has 0 fully saturated rings. The van der Waals surface area contributed by atoms with Gasteiger partial charge in [-0.05, 0) is 62.2 Å². The number of amides is 2. The fraction of sp³-hybridized carbons (Fsp3) is 0.355. The lowest BCUT2D eigenvalue weighted by atomic mass is 10.1. The molecular formula is C31H39N3O7S. The van der Waals surface area contributed by atoms with Crippen molar-refractivity contribution in [2.75, 3.05) is 38.7 Å². The van der Waals surface area contributed by atoms with Crippen LogP contribution in [0.1, 0.15) is 31.4 Å². The molecule has 3 aromatic carbocycles. The highest BCUT2D eigenvalue weighted by Gasteiger charge is 2.35. The van der Waals surface area contributed by atoms with Gasteiger partial charge in [-0.15, -0.1) is 0 Å². The van der Waals surface area contributed by atoms with Crippen LogP contribution in [0.25, 0.3) is 0 Å². The predicted molar refractivity (Wildman–Crippen MR) is 162 cm³/mol. The Labute approximate surface area is 248 Å². The minimum atomic E-state index is -4.27. The summed E-state index contributed by atoms with van der Waals surface area (Å²) in [4.78, 5) is 28.8. The summed E-state index contributed by atoms with van der Waals surface area (Å²) in [7, 11) is 0.149. The van der Waals surface area contributed by atoms with E-state index in [2.05, 4.69) is 5.32 Å². The number of benzene rings is 3. The smallest absolute Gasteiger partial charge is 0.264 e. The summed E-state index contributed by atoms with van der Waals surface area (Å²) in [5.41, 5.74) is 1.73. The number of methoxy groups -OCH3 is 3. The minimum Gasteiger partial charge on any atom is -0.497 e. The zero-order valence-corrected chi connectivity index (χ0v) is 25.7. The Hall–Kier alpha value is -4.25. The van der Waals surface area contributed by atoms with Crippen molar-refractivity contribution in [3.63, 3.8) is 0 Å². The molecule has 11 heteroatoms. The molecule has 3 aromatic rings. The van der Waals surface area contributed by atoms with E-state index in [1.54, 1.807) is 63.4 Å². The van der Waals surface area contributed by atoms with Crippen LogP contribution in [0, 0.1) is 6.92 Å². The lowest BCUT2D eigenvalue weighted by Crippen LogP contribution is -2.52. The molecule has 10 nitrogen and oxygen atoms in total. The molecule has 0 aliphatic heterocycles. The van der Waals surface area contributed by atoms with Gasteiger partial charge in [0, 0.05) is 19.2 Å². The van der Waals surface area contributed by atoms with Gasteiger partial charge in [-0.3, -0.25) is 13.9 Å². The quantitative estimate of drug-likeness (QED) is 0.297. The Kier molecular flexibility index (Phi) is 11.2. The normalized spacial score (nSPS) is 11.8. The summed E-state index contributed by atoms with van der Waals surface area (Å²) in [5.74, 6) is 0.300. The van der Waals surface area contributed by atoms with Gasteiger partial charge in [0.15, 0.2) is 0 Å². The maximum absolute atomic E-state index is 14.2. The number of nitrogens with one attached hydrogen (secondary N) is 1. The van der Waals surface area contributed by atoms with Crippen LogP contribution in [0.4, 0.5) is 5.69 Å². The SMILES string of the molecule is CCNC(=O)[C@H](CC)N(Cc1cccc(OC)c1)C(=O)CN(c1cc(OC)ccc1OC)S(=O)(=O)c1ccc(C)cc1. The number of ether oxygens (including phenoxy) is 3. The molecule has 2 amide bonds. The highest BCUT2D eigenvalue weighted by Crippen LogP contribution is 2.36. The number of carbonyl (C=O) groups is 2. The average Bonchev–Trinajstić information content (AvgIpc) is 2.99. The zero-order chi connectivity index (χ0) is 30.9. The number of aryl methyl sites for hydroxylation is 1. The first-order chi connectivity index (χ1) is 20.1. The zero-order valence-electron chi connectivity index (χ0n) is 24.9. The lowest BCUT2D eigenvalue weighted by Gasteiger charge is -2.33. The number of sulfonamides is 1. The molecule has 42 heavy (non-hydrogen) atoms. The third-order valence-electron chi connectivity index (χ3n) is 6.77. The molecule has 0 saturated heterocycles. The van der Waals surface area contributed by atoms with Crippen molar-refractivity contribution in [3.05, 3.63) is 77.9 Å². The van der Waals surface area contributed by atoms with Gasteiger partial charge in [-0.2, -0.15) is 0 Å². The van der Waals surface area contributed by atoms with Crippen LogP contribution in [0.15, 0.2) is 71.6 Å². The van der Waals surface area contributed by atoms with Crippen LogP contribution >= 0.6 is 0 Å². The third-order valence-corrected chi connectivity index (χ3v) is 8.54. The summed E-state index contributed by atoms with van der Waals surface area (Å²) < 4.78 is 45.5. The van der Waals surface area contributed by atoms with E-state index >= 15 is 0 Å². The van der Waals surface area contributed by atoms with Crippen LogP contribution in [-0.2, 0) is 26.2 Å². The minimum absolute atomic E-state index is 0.000821. The second-order valence-corrected chi connectivity index (χ2v) is 11.4. The number of hydrogen-bond donors (Lipinski definition) is 1. The number of rotatable bonds is 14. The number of hydrogen-bond acceptors (Lipinski definition) is 7. The summed E-state index contributed by atoms with van der Waals surface area (Å²) in [6, 6.07) is 17.4. The molecule has 0 heterocycles. The van der Waals surface area contributed by atoms with Gasteiger partial charge in [-0.1, -0.05) is 36.8 Å². The lowest BCUT2D eigenvalue weighted by molar-refractivity contribution is -0.140. The van der Waals surface area contributed by atoms with E-state index < -0.39 is 28.5 Å². The van der Waals surface area contributed by atoms with Crippen LogP contribution in [0.2, 0.25) is 0 Å². The number of likely N-dealkylation sites (N-methyl/N-ethyl adjacent to an activating group) is 1. The molecule has 0 unspecified atom stereocenters. The Morgan fingerprint density at radius 3 is 2.14 bits per heavy atom. The Morgan fingerprint density at radius 1 is 0.881 bits per heavy atom. The molecule has 0 spiro atoms. The standard InChI is InChI=1S/C31H39N3O7S/c1-7-27(31(36)32-8-2)33(20-23-10-9-11-24(18-23)39-4)30(35)21-34(28-19-25(40-5)14-17-29(28)41-6)42(37,38)26-15-12-22(3)13-16-26/h9-19,27H,7-8,20-21H2,1-6H3,(H,32,36)/t27-/m0/s1. The molecule has 226 valence electrons. The summed E-state index contributed by atoms with van der Waals surface area (Å²) >= 11 is 0. The molecule has 0 radical (unpaired) electrons. The summed E-state index contributed by atoms with van der Waals surface area (Å²) in [6.07, 6.45) is 0.314. The topological polar surface area (TPSA) is 114 Å². The molecule has 3 rings (SSSR count). The maximum Gasteiger partial charge on any atom is 0.264 e. The van der Waals surface area contributed by atoms with E-state index in [0.717, 1.165) is 15.4 Å². The number of carbonyl (C=O) groups excluding carboxylic acids is 2. The fourth-order valence-electron chi connectivity index (χ4n) is 4.52. The van der Waals surface area contributed by atoms with E-state index in [-0.39, 0.29) is 28.8 Å². The van der Waals surface area contributed by atoms with Crippen molar-refractivity contribution in [2.45, 2.75) is 44.7 Å². The van der Waals surface area contributed by atoms with Gasteiger partial charge < -0.3 is 24.4 Å². The largest absolute Gasteiger partial charge is 0.497 e. The monoisotopic (exact) mass is 597 g/mol. The van der Waals surface area contributed by atoms with Gasteiger partial charge in [0.25, 0.3) is 10.0 Å². The van der Waals surface area contributed by atoms with Crippen LogP contribution in [0.5, 0.6) is 17.2 Å². The van der Waals surface area contributed by atoms with Crippen molar-refractivity contribution in [1.82, 2.24) is 10.2 Å². The first-order valence-electron chi connectivity index (χ1n) is 13.6. The Morgan fingerprint density at radius 2 is 1.55 bits per heavy atom. The van der Waals surface area contributed by atoms with Crippen molar-refractivity contribution in [3.8, 4) is 17.2 Å².